The molecule has 1 heterocycles. The molecule has 0 bridgehead atoms. The fraction of sp³-hybridized carbons (Fsp3) is 0.100. The Morgan fingerprint density at radius 2 is 2.35 bits per heavy atom. The van der Waals surface area contributed by atoms with Gasteiger partial charge >= 0.3 is 0 Å². The third-order valence-electron chi connectivity index (χ3n) is 2.00. The van der Waals surface area contributed by atoms with Gasteiger partial charge in [0.25, 0.3) is 0 Å². The lowest BCUT2D eigenvalue weighted by atomic mass is 10.3. The van der Waals surface area contributed by atoms with Crippen LogP contribution in [0, 0.1) is 0 Å². The molecule has 0 saturated carbocycles. The minimum Gasteiger partial charge on any atom is -0.508 e. The molecule has 0 fully saturated rings. The van der Waals surface area contributed by atoms with Crippen LogP contribution < -0.4 is 5.32 Å². The van der Waals surface area contributed by atoms with Crippen LogP contribution in [0.15, 0.2) is 30.6 Å². The maximum atomic E-state index is 11.6. The van der Waals surface area contributed by atoms with Crippen molar-refractivity contribution in [3.8, 4) is 5.75 Å². The molecule has 1 amide bonds. The summed E-state index contributed by atoms with van der Waals surface area (Å²) in [6, 6.07) is 4.32. The van der Waals surface area contributed by atoms with Crippen molar-refractivity contribution in [1.29, 1.82) is 0 Å². The van der Waals surface area contributed by atoms with Gasteiger partial charge < -0.3 is 10.4 Å². The van der Waals surface area contributed by atoms with E-state index in [1.54, 1.807) is 6.20 Å². The standard InChI is InChI=1S/C10H9ClN4O2/c11-8-5-7(16)1-2-9(8)13-10(17)6-15-4-3-12-14-15/h1-5,16H,6H2,(H,13,17). The van der Waals surface area contributed by atoms with Gasteiger partial charge in [-0.3, -0.25) is 4.79 Å². The number of nitrogens with one attached hydrogen (secondary N) is 1. The lowest BCUT2D eigenvalue weighted by Crippen LogP contribution is -2.19. The minimum atomic E-state index is -0.275. The van der Waals surface area contributed by atoms with Gasteiger partial charge in [0.2, 0.25) is 5.91 Å². The zero-order valence-electron chi connectivity index (χ0n) is 8.67. The summed E-state index contributed by atoms with van der Waals surface area (Å²) in [5, 5.41) is 19.3. The van der Waals surface area contributed by atoms with Crippen LogP contribution in [0.1, 0.15) is 0 Å². The van der Waals surface area contributed by atoms with Crippen molar-refractivity contribution in [3.63, 3.8) is 0 Å². The predicted octanol–water partition coefficient (Wildman–Crippen LogP) is 1.28. The van der Waals surface area contributed by atoms with E-state index in [0.29, 0.717) is 5.69 Å². The predicted molar refractivity (Wildman–Crippen MR) is 61.8 cm³/mol. The first-order chi connectivity index (χ1) is 8.15. The summed E-state index contributed by atoms with van der Waals surface area (Å²) < 4.78 is 1.39. The summed E-state index contributed by atoms with van der Waals surface area (Å²) in [5.41, 5.74) is 0.439. The Morgan fingerprint density at radius 3 is 3.00 bits per heavy atom. The molecule has 0 radical (unpaired) electrons. The van der Waals surface area contributed by atoms with Crippen LogP contribution >= 0.6 is 11.6 Å². The molecule has 2 N–H and O–H groups in total. The number of phenolic OH excluding ortho intramolecular Hbond substituents is 1. The van der Waals surface area contributed by atoms with Gasteiger partial charge in [0.15, 0.2) is 0 Å². The van der Waals surface area contributed by atoms with Crippen LogP contribution in [0.3, 0.4) is 0 Å². The lowest BCUT2D eigenvalue weighted by Gasteiger charge is -2.07. The van der Waals surface area contributed by atoms with Crippen LogP contribution in [0.4, 0.5) is 5.69 Å². The van der Waals surface area contributed by atoms with E-state index < -0.39 is 0 Å². The van der Waals surface area contributed by atoms with Crippen molar-refractivity contribution >= 4 is 23.2 Å². The first kappa shape index (κ1) is 11.4. The van der Waals surface area contributed by atoms with E-state index in [-0.39, 0.29) is 23.2 Å². The van der Waals surface area contributed by atoms with E-state index in [9.17, 15) is 4.79 Å². The number of benzene rings is 1. The number of aromatic hydroxyl groups is 1. The monoisotopic (exact) mass is 252 g/mol. The Labute approximate surface area is 102 Å². The summed E-state index contributed by atoms with van der Waals surface area (Å²) >= 11 is 5.85. The molecule has 0 aliphatic rings. The molecule has 2 aromatic rings. The normalized spacial score (nSPS) is 10.2. The number of halogens is 1. The molecule has 0 unspecified atom stereocenters. The lowest BCUT2D eigenvalue weighted by molar-refractivity contribution is -0.116. The number of carbonyl (C=O) groups excluding carboxylic acids is 1. The van der Waals surface area contributed by atoms with Crippen molar-refractivity contribution in [2.24, 2.45) is 0 Å². The van der Waals surface area contributed by atoms with Crippen molar-refractivity contribution in [1.82, 2.24) is 15.0 Å². The zero-order valence-corrected chi connectivity index (χ0v) is 9.42. The van der Waals surface area contributed by atoms with E-state index in [2.05, 4.69) is 15.6 Å². The molecule has 1 aromatic heterocycles. The molecule has 0 saturated heterocycles. The number of nitrogens with zero attached hydrogens (tertiary/aromatic N) is 3. The van der Waals surface area contributed by atoms with Crippen LogP contribution in [0.25, 0.3) is 0 Å². The fourth-order valence-electron chi connectivity index (χ4n) is 1.26. The van der Waals surface area contributed by atoms with Crippen LogP contribution in [0.2, 0.25) is 5.02 Å². The van der Waals surface area contributed by atoms with Crippen LogP contribution in [-0.2, 0) is 11.3 Å². The van der Waals surface area contributed by atoms with Gasteiger partial charge in [-0.05, 0) is 12.1 Å². The molecule has 0 spiro atoms. The number of hydrogen-bond donors (Lipinski definition) is 2. The highest BCUT2D eigenvalue weighted by Crippen LogP contribution is 2.25. The third-order valence-corrected chi connectivity index (χ3v) is 2.32. The Kier molecular flexibility index (Phi) is 3.24. The van der Waals surface area contributed by atoms with Gasteiger partial charge in [-0.15, -0.1) is 5.10 Å². The molecule has 0 atom stereocenters. The first-order valence-corrected chi connectivity index (χ1v) is 5.15. The van der Waals surface area contributed by atoms with Gasteiger partial charge in [0, 0.05) is 12.3 Å². The number of phenols is 1. The summed E-state index contributed by atoms with van der Waals surface area (Å²) in [6.07, 6.45) is 3.07. The van der Waals surface area contributed by atoms with Gasteiger partial charge in [-0.1, -0.05) is 16.8 Å². The van der Waals surface area contributed by atoms with Gasteiger partial charge in [0.1, 0.15) is 12.3 Å². The highest BCUT2D eigenvalue weighted by Gasteiger charge is 2.07. The molecular weight excluding hydrogens is 244 g/mol. The molecule has 0 aliphatic carbocycles. The SMILES string of the molecule is O=C(Cn1ccnn1)Nc1ccc(O)cc1Cl. The molecule has 7 heteroatoms. The van der Waals surface area contributed by atoms with Gasteiger partial charge in [-0.2, -0.15) is 0 Å². The molecule has 88 valence electrons. The Morgan fingerprint density at radius 1 is 1.53 bits per heavy atom. The number of carbonyl (C=O) groups is 1. The van der Waals surface area contributed by atoms with E-state index in [0.717, 1.165) is 0 Å². The average Bonchev–Trinajstić information content (AvgIpc) is 2.75. The second-order valence-corrected chi connectivity index (χ2v) is 3.72. The van der Waals surface area contributed by atoms with Gasteiger partial charge in [0.05, 0.1) is 16.9 Å². The first-order valence-electron chi connectivity index (χ1n) is 4.77. The van der Waals surface area contributed by atoms with E-state index >= 15 is 0 Å². The van der Waals surface area contributed by atoms with Crippen molar-refractivity contribution in [3.05, 3.63) is 35.6 Å². The molecule has 17 heavy (non-hydrogen) atoms. The highest BCUT2D eigenvalue weighted by molar-refractivity contribution is 6.33. The van der Waals surface area contributed by atoms with Crippen molar-refractivity contribution < 1.29 is 9.90 Å². The number of amides is 1. The Balaban J connectivity index is 2.03. The largest absolute Gasteiger partial charge is 0.508 e. The number of aromatic nitrogens is 3. The summed E-state index contributed by atoms with van der Waals surface area (Å²) in [4.78, 5) is 11.6. The summed E-state index contributed by atoms with van der Waals surface area (Å²) in [7, 11) is 0. The summed E-state index contributed by atoms with van der Waals surface area (Å²) in [5.74, 6) is -0.229. The fourth-order valence-corrected chi connectivity index (χ4v) is 1.48. The molecular formula is C10H9ClN4O2. The number of hydrogen-bond acceptors (Lipinski definition) is 4. The second kappa shape index (κ2) is 4.84. The molecule has 1 aromatic carbocycles. The quantitative estimate of drug-likeness (QED) is 0.807. The number of rotatable bonds is 3. The number of anilines is 1. The Hall–Kier alpha value is -2.08. The maximum absolute atomic E-state index is 11.6. The van der Waals surface area contributed by atoms with Crippen LogP contribution in [-0.4, -0.2) is 26.0 Å². The van der Waals surface area contributed by atoms with E-state index in [1.165, 1.54) is 29.1 Å². The molecule has 6 nitrogen and oxygen atoms in total. The molecule has 2 rings (SSSR count). The second-order valence-electron chi connectivity index (χ2n) is 3.31. The third kappa shape index (κ3) is 2.94. The maximum Gasteiger partial charge on any atom is 0.246 e. The van der Waals surface area contributed by atoms with Crippen molar-refractivity contribution in [2.45, 2.75) is 6.54 Å². The van der Waals surface area contributed by atoms with Gasteiger partial charge in [-0.25, -0.2) is 4.68 Å². The zero-order chi connectivity index (χ0) is 12.3. The smallest absolute Gasteiger partial charge is 0.246 e. The van der Waals surface area contributed by atoms with Crippen LogP contribution in [0.5, 0.6) is 5.75 Å². The van der Waals surface area contributed by atoms with Crippen molar-refractivity contribution in [2.75, 3.05) is 5.32 Å². The Bertz CT molecular complexity index is 527. The molecule has 0 aliphatic heterocycles. The average molecular weight is 253 g/mol. The van der Waals surface area contributed by atoms with E-state index in [4.69, 9.17) is 16.7 Å². The summed E-state index contributed by atoms with van der Waals surface area (Å²) in [6.45, 7) is 0.0528. The van der Waals surface area contributed by atoms with E-state index in [1.807, 2.05) is 0 Å². The minimum absolute atomic E-state index is 0.0456. The topological polar surface area (TPSA) is 80.0 Å². The highest BCUT2D eigenvalue weighted by atomic mass is 35.5.